The Hall–Kier alpha value is -2.90. The zero-order chi connectivity index (χ0) is 23.6. The topological polar surface area (TPSA) is 159 Å². The summed E-state index contributed by atoms with van der Waals surface area (Å²) in [5.41, 5.74) is 0.930. The first-order valence-corrected chi connectivity index (χ1v) is 10.7. The molecule has 0 saturated carbocycles. The fraction of sp³-hybridized carbons (Fsp3) is 0.524. The molecule has 0 spiro atoms. The number of rotatable bonds is 14. The van der Waals surface area contributed by atoms with Crippen molar-refractivity contribution in [3.63, 3.8) is 0 Å². The van der Waals surface area contributed by atoms with Crippen LogP contribution in [0.5, 0.6) is 0 Å². The molecule has 1 fully saturated rings. The number of nitrogens with one attached hydrogen (secondary N) is 2. The van der Waals surface area contributed by atoms with Gasteiger partial charge in [0, 0.05) is 18.7 Å². The highest BCUT2D eigenvalue weighted by atomic mass is 16.6. The number of hydrogen-bond donors (Lipinski definition) is 3. The van der Waals surface area contributed by atoms with E-state index in [0.717, 1.165) is 4.90 Å². The van der Waals surface area contributed by atoms with Crippen molar-refractivity contribution in [1.82, 2.24) is 10.2 Å². The molecule has 1 saturated heterocycles. The molecule has 3 rings (SSSR count). The van der Waals surface area contributed by atoms with Crippen LogP contribution in [0.4, 0.5) is 5.69 Å². The van der Waals surface area contributed by atoms with Gasteiger partial charge in [0.25, 0.3) is 11.8 Å². The molecule has 33 heavy (non-hydrogen) atoms. The summed E-state index contributed by atoms with van der Waals surface area (Å²) in [5, 5.41) is 5.29. The van der Waals surface area contributed by atoms with Gasteiger partial charge < -0.3 is 24.4 Å². The molecule has 1 atom stereocenters. The van der Waals surface area contributed by atoms with Crippen LogP contribution in [0.25, 0.3) is 0 Å². The number of carbonyl (C=O) groups excluding carboxylic acids is 4. The van der Waals surface area contributed by atoms with Gasteiger partial charge in [-0.15, -0.1) is 0 Å². The molecule has 1 unspecified atom stereocenters. The standard InChI is InChI=1S/C21H28N4O8/c22-33-13-12-32-11-10-31-9-8-30-7-6-23-15-3-1-2-14-18(15)21(29)25(20(14)28)16-4-5-17(26)24-19(16)27/h1-3,16,23H,4-13,22H2,(H,24,26,27). The summed E-state index contributed by atoms with van der Waals surface area (Å²) < 4.78 is 16.1. The molecule has 2 heterocycles. The van der Waals surface area contributed by atoms with Crippen molar-refractivity contribution in [3.05, 3.63) is 29.3 Å². The Balaban J connectivity index is 1.43. The number of amides is 4. The van der Waals surface area contributed by atoms with E-state index < -0.39 is 29.7 Å². The summed E-state index contributed by atoms with van der Waals surface area (Å²) in [6.45, 7) is 3.16. The largest absolute Gasteiger partial charge is 0.382 e. The minimum atomic E-state index is -0.995. The minimum absolute atomic E-state index is 0.0756. The van der Waals surface area contributed by atoms with E-state index in [1.165, 1.54) is 0 Å². The van der Waals surface area contributed by atoms with Crippen molar-refractivity contribution in [3.8, 4) is 0 Å². The minimum Gasteiger partial charge on any atom is -0.382 e. The zero-order valence-electron chi connectivity index (χ0n) is 18.2. The Morgan fingerprint density at radius 2 is 1.61 bits per heavy atom. The SMILES string of the molecule is NOCCOCCOCCOCCNc1cccc2c1C(=O)N(C1CCC(=O)NC1=O)C2=O. The Morgan fingerprint density at radius 1 is 0.939 bits per heavy atom. The summed E-state index contributed by atoms with van der Waals surface area (Å²) in [5.74, 6) is 2.74. The number of carbonyl (C=O) groups is 4. The summed E-state index contributed by atoms with van der Waals surface area (Å²) in [6.07, 6.45) is 0.190. The number of nitrogens with two attached hydrogens (primary N) is 1. The number of ether oxygens (including phenoxy) is 3. The average molecular weight is 464 g/mol. The van der Waals surface area contributed by atoms with Gasteiger partial charge in [0.15, 0.2) is 0 Å². The number of benzene rings is 1. The Labute approximate surface area is 190 Å². The van der Waals surface area contributed by atoms with E-state index in [9.17, 15) is 19.2 Å². The lowest BCUT2D eigenvalue weighted by Gasteiger charge is -2.27. The lowest BCUT2D eigenvalue weighted by atomic mass is 10.0. The third-order valence-corrected chi connectivity index (χ3v) is 5.12. The second-order valence-electron chi connectivity index (χ2n) is 7.31. The van der Waals surface area contributed by atoms with Crippen LogP contribution in [0.3, 0.4) is 0 Å². The van der Waals surface area contributed by atoms with Crippen LogP contribution < -0.4 is 16.5 Å². The van der Waals surface area contributed by atoms with Gasteiger partial charge in [-0.1, -0.05) is 6.07 Å². The fourth-order valence-corrected chi connectivity index (χ4v) is 3.57. The monoisotopic (exact) mass is 464 g/mol. The van der Waals surface area contributed by atoms with Crippen molar-refractivity contribution in [2.45, 2.75) is 18.9 Å². The highest BCUT2D eigenvalue weighted by Gasteiger charge is 2.45. The van der Waals surface area contributed by atoms with Crippen molar-refractivity contribution < 1.29 is 38.2 Å². The second-order valence-corrected chi connectivity index (χ2v) is 7.31. The number of nitrogens with zero attached hydrogens (tertiary/aromatic N) is 1. The van der Waals surface area contributed by atoms with Gasteiger partial charge in [0.2, 0.25) is 11.8 Å². The lowest BCUT2D eigenvalue weighted by molar-refractivity contribution is -0.136. The highest BCUT2D eigenvalue weighted by Crippen LogP contribution is 2.32. The van der Waals surface area contributed by atoms with Gasteiger partial charge in [0.1, 0.15) is 6.04 Å². The van der Waals surface area contributed by atoms with Crippen molar-refractivity contribution in [2.24, 2.45) is 5.90 Å². The third-order valence-electron chi connectivity index (χ3n) is 5.12. The number of hydrogen-bond acceptors (Lipinski definition) is 10. The van der Waals surface area contributed by atoms with Crippen LogP contribution >= 0.6 is 0 Å². The maximum atomic E-state index is 13.0. The highest BCUT2D eigenvalue weighted by molar-refractivity contribution is 6.25. The predicted octanol–water partition coefficient (Wildman–Crippen LogP) is -0.560. The van der Waals surface area contributed by atoms with E-state index in [2.05, 4.69) is 15.5 Å². The quantitative estimate of drug-likeness (QED) is 0.185. The van der Waals surface area contributed by atoms with Gasteiger partial charge >= 0.3 is 0 Å². The molecule has 2 aliphatic heterocycles. The van der Waals surface area contributed by atoms with E-state index in [1.54, 1.807) is 18.2 Å². The van der Waals surface area contributed by atoms with Crippen LogP contribution in [-0.4, -0.2) is 87.4 Å². The fourth-order valence-electron chi connectivity index (χ4n) is 3.57. The maximum Gasteiger partial charge on any atom is 0.264 e. The molecule has 4 N–H and O–H groups in total. The molecule has 12 heteroatoms. The normalized spacial score (nSPS) is 18.0. The Morgan fingerprint density at radius 3 is 2.27 bits per heavy atom. The molecule has 0 aliphatic carbocycles. The van der Waals surface area contributed by atoms with Crippen molar-refractivity contribution in [1.29, 1.82) is 0 Å². The zero-order valence-corrected chi connectivity index (χ0v) is 18.2. The summed E-state index contributed by atoms with van der Waals surface area (Å²) in [6, 6.07) is 3.91. The number of anilines is 1. The van der Waals surface area contributed by atoms with Crippen LogP contribution in [-0.2, 0) is 28.6 Å². The summed E-state index contributed by atoms with van der Waals surface area (Å²) >= 11 is 0. The Kier molecular flexibility index (Phi) is 9.27. The summed E-state index contributed by atoms with van der Waals surface area (Å²) in [7, 11) is 0. The van der Waals surface area contributed by atoms with E-state index in [1.807, 2.05) is 0 Å². The second kappa shape index (κ2) is 12.4. The first-order chi connectivity index (χ1) is 16.0. The molecular weight excluding hydrogens is 436 g/mol. The molecule has 0 bridgehead atoms. The molecule has 0 radical (unpaired) electrons. The first-order valence-electron chi connectivity index (χ1n) is 10.7. The van der Waals surface area contributed by atoms with E-state index in [0.29, 0.717) is 58.5 Å². The number of imide groups is 2. The third kappa shape index (κ3) is 6.33. The molecule has 180 valence electrons. The number of piperidine rings is 1. The molecule has 1 aromatic carbocycles. The van der Waals surface area contributed by atoms with E-state index >= 15 is 0 Å². The summed E-state index contributed by atoms with van der Waals surface area (Å²) in [4.78, 5) is 54.7. The molecule has 12 nitrogen and oxygen atoms in total. The van der Waals surface area contributed by atoms with Crippen molar-refractivity contribution >= 4 is 29.3 Å². The van der Waals surface area contributed by atoms with E-state index in [-0.39, 0.29) is 24.0 Å². The average Bonchev–Trinajstić information content (AvgIpc) is 3.05. The lowest BCUT2D eigenvalue weighted by Crippen LogP contribution is -2.54. The number of fused-ring (bicyclic) bond motifs is 1. The van der Waals surface area contributed by atoms with Crippen LogP contribution in [0.2, 0.25) is 0 Å². The molecule has 1 aromatic rings. The smallest absolute Gasteiger partial charge is 0.264 e. The first kappa shape index (κ1) is 24.7. The van der Waals surface area contributed by atoms with Gasteiger partial charge in [-0.05, 0) is 18.6 Å². The van der Waals surface area contributed by atoms with Crippen LogP contribution in [0, 0.1) is 0 Å². The molecule has 4 amide bonds. The predicted molar refractivity (Wildman–Crippen MR) is 114 cm³/mol. The molecule has 2 aliphatic rings. The van der Waals surface area contributed by atoms with Gasteiger partial charge in [-0.2, -0.15) is 0 Å². The van der Waals surface area contributed by atoms with Gasteiger partial charge in [-0.3, -0.25) is 29.4 Å². The maximum absolute atomic E-state index is 13.0. The molecule has 0 aromatic heterocycles. The van der Waals surface area contributed by atoms with Crippen LogP contribution in [0.1, 0.15) is 33.6 Å². The van der Waals surface area contributed by atoms with E-state index in [4.69, 9.17) is 20.1 Å². The molecular formula is C21H28N4O8. The Bertz CT molecular complexity index is 878. The van der Waals surface area contributed by atoms with Gasteiger partial charge in [0.05, 0.1) is 57.4 Å². The van der Waals surface area contributed by atoms with Crippen molar-refractivity contribution in [2.75, 3.05) is 58.1 Å². The van der Waals surface area contributed by atoms with Crippen LogP contribution in [0.15, 0.2) is 18.2 Å². The van der Waals surface area contributed by atoms with Gasteiger partial charge in [-0.25, -0.2) is 5.90 Å².